The van der Waals surface area contributed by atoms with Crippen LogP contribution < -0.4 is 5.73 Å². The first-order chi connectivity index (χ1) is 9.81. The minimum atomic E-state index is 0.0570. The van der Waals surface area contributed by atoms with E-state index in [2.05, 4.69) is 12.0 Å². The average molecular weight is 271 g/mol. The largest absolute Gasteiger partial charge is 0.323 e. The lowest BCUT2D eigenvalue weighted by Gasteiger charge is -2.08. The van der Waals surface area contributed by atoms with Crippen LogP contribution >= 0.6 is 0 Å². The molecule has 0 bridgehead atoms. The molecule has 108 valence electrons. The Balaban J connectivity index is 1.85. The van der Waals surface area contributed by atoms with Gasteiger partial charge < -0.3 is 5.73 Å². The van der Waals surface area contributed by atoms with Gasteiger partial charge in [0.2, 0.25) is 0 Å². The Kier molecular flexibility index (Phi) is 5.81. The van der Waals surface area contributed by atoms with E-state index >= 15 is 0 Å². The van der Waals surface area contributed by atoms with Crippen molar-refractivity contribution in [2.75, 3.05) is 0 Å². The maximum Gasteiger partial charge on any atom is 0.0796 e. The smallest absolute Gasteiger partial charge is 0.0796 e. The average Bonchev–Trinajstić information content (AvgIpc) is 2.98. The SMILES string of the molecule is CCCCCCCC(N)c1ccn(-c2ccccc2)n1. The van der Waals surface area contributed by atoms with Gasteiger partial charge in [0.15, 0.2) is 0 Å². The molecule has 0 aliphatic rings. The zero-order valence-electron chi connectivity index (χ0n) is 12.3. The maximum absolute atomic E-state index is 6.23. The number of benzene rings is 1. The fourth-order valence-corrected chi connectivity index (χ4v) is 2.38. The quantitative estimate of drug-likeness (QED) is 0.730. The molecule has 1 aromatic carbocycles. The summed E-state index contributed by atoms with van der Waals surface area (Å²) in [5, 5.41) is 4.59. The van der Waals surface area contributed by atoms with Gasteiger partial charge in [0.25, 0.3) is 0 Å². The number of unbranched alkanes of at least 4 members (excludes halogenated alkanes) is 4. The Bertz CT molecular complexity index is 490. The molecule has 0 aliphatic heterocycles. The van der Waals surface area contributed by atoms with Crippen molar-refractivity contribution in [1.29, 1.82) is 0 Å². The van der Waals surface area contributed by atoms with Crippen molar-refractivity contribution in [1.82, 2.24) is 9.78 Å². The molecule has 0 saturated heterocycles. The first kappa shape index (κ1) is 14.8. The second-order valence-corrected chi connectivity index (χ2v) is 5.33. The highest BCUT2D eigenvalue weighted by atomic mass is 15.3. The predicted octanol–water partition coefficient (Wildman–Crippen LogP) is 4.23. The minimum absolute atomic E-state index is 0.0570. The molecule has 2 aromatic rings. The van der Waals surface area contributed by atoms with E-state index in [1.807, 2.05) is 47.3 Å². The van der Waals surface area contributed by atoms with Crippen LogP contribution in [0.25, 0.3) is 5.69 Å². The number of hydrogen-bond acceptors (Lipinski definition) is 2. The topological polar surface area (TPSA) is 43.8 Å². The van der Waals surface area contributed by atoms with Gasteiger partial charge in [-0.25, -0.2) is 4.68 Å². The summed E-state index contributed by atoms with van der Waals surface area (Å²) in [6.07, 6.45) is 9.42. The van der Waals surface area contributed by atoms with E-state index in [9.17, 15) is 0 Å². The lowest BCUT2D eigenvalue weighted by molar-refractivity contribution is 0.545. The first-order valence-corrected chi connectivity index (χ1v) is 7.68. The molecule has 0 amide bonds. The van der Waals surface area contributed by atoms with Crippen molar-refractivity contribution < 1.29 is 0 Å². The van der Waals surface area contributed by atoms with Crippen molar-refractivity contribution in [3.63, 3.8) is 0 Å². The summed E-state index contributed by atoms with van der Waals surface area (Å²) in [6.45, 7) is 2.24. The van der Waals surface area contributed by atoms with Gasteiger partial charge in [-0.2, -0.15) is 5.10 Å². The monoisotopic (exact) mass is 271 g/mol. The van der Waals surface area contributed by atoms with Crippen LogP contribution in [0, 0.1) is 0 Å². The minimum Gasteiger partial charge on any atom is -0.323 e. The van der Waals surface area contributed by atoms with E-state index in [1.54, 1.807) is 0 Å². The third-order valence-corrected chi connectivity index (χ3v) is 3.63. The Morgan fingerprint density at radius 3 is 2.55 bits per heavy atom. The lowest BCUT2D eigenvalue weighted by atomic mass is 10.1. The summed E-state index contributed by atoms with van der Waals surface area (Å²) in [5.41, 5.74) is 8.29. The van der Waals surface area contributed by atoms with Gasteiger partial charge in [0.1, 0.15) is 0 Å². The fraction of sp³-hybridized carbons (Fsp3) is 0.471. The van der Waals surface area contributed by atoms with Crippen LogP contribution in [0.2, 0.25) is 0 Å². The third-order valence-electron chi connectivity index (χ3n) is 3.63. The normalized spacial score (nSPS) is 12.5. The molecule has 3 nitrogen and oxygen atoms in total. The summed E-state index contributed by atoms with van der Waals surface area (Å²) in [6, 6.07) is 12.2. The van der Waals surface area contributed by atoms with E-state index in [4.69, 9.17) is 5.73 Å². The van der Waals surface area contributed by atoms with E-state index in [0.29, 0.717) is 0 Å². The first-order valence-electron chi connectivity index (χ1n) is 7.68. The van der Waals surface area contributed by atoms with Crippen molar-refractivity contribution in [2.24, 2.45) is 5.73 Å². The van der Waals surface area contributed by atoms with E-state index < -0.39 is 0 Å². The zero-order valence-corrected chi connectivity index (χ0v) is 12.3. The summed E-state index contributed by atoms with van der Waals surface area (Å²) in [4.78, 5) is 0. The Morgan fingerprint density at radius 2 is 1.80 bits per heavy atom. The van der Waals surface area contributed by atoms with Crippen LogP contribution in [-0.2, 0) is 0 Å². The predicted molar refractivity (Wildman–Crippen MR) is 83.9 cm³/mol. The number of hydrogen-bond donors (Lipinski definition) is 1. The molecule has 1 heterocycles. The molecule has 0 radical (unpaired) electrons. The molecule has 1 aromatic heterocycles. The Labute approximate surface area is 121 Å². The van der Waals surface area contributed by atoms with Gasteiger partial charge in [-0.15, -0.1) is 0 Å². The van der Waals surface area contributed by atoms with Gasteiger partial charge in [-0.1, -0.05) is 57.2 Å². The number of nitrogens with zero attached hydrogens (tertiary/aromatic N) is 2. The van der Waals surface area contributed by atoms with E-state index in [0.717, 1.165) is 17.8 Å². The summed E-state index contributed by atoms with van der Waals surface area (Å²) in [7, 11) is 0. The standard InChI is InChI=1S/C17H25N3/c1-2-3-4-5-9-12-16(18)17-13-14-20(19-17)15-10-7-6-8-11-15/h6-8,10-11,13-14,16H,2-5,9,12,18H2,1H3. The lowest BCUT2D eigenvalue weighted by Crippen LogP contribution is -2.11. The number of nitrogens with two attached hydrogens (primary N) is 1. The summed E-state index contributed by atoms with van der Waals surface area (Å²) < 4.78 is 1.90. The van der Waals surface area contributed by atoms with Crippen LogP contribution in [0.4, 0.5) is 0 Å². The van der Waals surface area contributed by atoms with Crippen LogP contribution in [0.1, 0.15) is 57.2 Å². The highest BCUT2D eigenvalue weighted by Crippen LogP contribution is 2.17. The molecular formula is C17H25N3. The van der Waals surface area contributed by atoms with E-state index in [-0.39, 0.29) is 6.04 Å². The van der Waals surface area contributed by atoms with Crippen LogP contribution in [0.3, 0.4) is 0 Å². The van der Waals surface area contributed by atoms with Crippen molar-refractivity contribution in [3.05, 3.63) is 48.3 Å². The number of aromatic nitrogens is 2. The molecule has 1 atom stereocenters. The molecule has 1 unspecified atom stereocenters. The third kappa shape index (κ3) is 4.20. The second-order valence-electron chi connectivity index (χ2n) is 5.33. The van der Waals surface area contributed by atoms with Crippen LogP contribution in [0.15, 0.2) is 42.6 Å². The van der Waals surface area contributed by atoms with Gasteiger partial charge in [0, 0.05) is 12.2 Å². The van der Waals surface area contributed by atoms with Crippen LogP contribution in [0.5, 0.6) is 0 Å². The molecule has 0 fully saturated rings. The molecule has 0 saturated carbocycles. The molecule has 20 heavy (non-hydrogen) atoms. The molecule has 0 spiro atoms. The van der Waals surface area contributed by atoms with Gasteiger partial charge in [0.05, 0.1) is 11.4 Å². The highest BCUT2D eigenvalue weighted by molar-refractivity contribution is 5.30. The Hall–Kier alpha value is -1.61. The molecule has 0 aliphatic carbocycles. The van der Waals surface area contributed by atoms with Crippen molar-refractivity contribution in [2.45, 2.75) is 51.5 Å². The summed E-state index contributed by atoms with van der Waals surface area (Å²) in [5.74, 6) is 0. The maximum atomic E-state index is 6.23. The number of para-hydroxylation sites is 1. The second kappa shape index (κ2) is 7.85. The molecular weight excluding hydrogens is 246 g/mol. The molecule has 3 heteroatoms. The van der Waals surface area contributed by atoms with Gasteiger partial charge in [-0.05, 0) is 24.6 Å². The van der Waals surface area contributed by atoms with Crippen LogP contribution in [-0.4, -0.2) is 9.78 Å². The zero-order chi connectivity index (χ0) is 14.2. The van der Waals surface area contributed by atoms with Gasteiger partial charge in [-0.3, -0.25) is 0 Å². The van der Waals surface area contributed by atoms with Crippen molar-refractivity contribution in [3.8, 4) is 5.69 Å². The molecule has 2 rings (SSSR count). The van der Waals surface area contributed by atoms with E-state index in [1.165, 1.54) is 32.1 Å². The number of rotatable bonds is 8. The van der Waals surface area contributed by atoms with Crippen molar-refractivity contribution >= 4 is 0 Å². The summed E-state index contributed by atoms with van der Waals surface area (Å²) >= 11 is 0. The van der Waals surface area contributed by atoms with Gasteiger partial charge >= 0.3 is 0 Å². The highest BCUT2D eigenvalue weighted by Gasteiger charge is 2.09. The fourth-order valence-electron chi connectivity index (χ4n) is 2.38. The Morgan fingerprint density at radius 1 is 1.05 bits per heavy atom. The molecule has 2 N–H and O–H groups in total.